The predicted molar refractivity (Wildman–Crippen MR) is 79.3 cm³/mol. The number of benzene rings is 1. The summed E-state index contributed by atoms with van der Waals surface area (Å²) in [5, 5.41) is 13.0. The normalized spacial score (nSPS) is 10.9. The summed E-state index contributed by atoms with van der Waals surface area (Å²) in [5.41, 5.74) is 0.137. The molecule has 8 nitrogen and oxygen atoms in total. The summed E-state index contributed by atoms with van der Waals surface area (Å²) in [6.45, 7) is 0. The van der Waals surface area contributed by atoms with E-state index in [4.69, 9.17) is 4.42 Å². The zero-order chi connectivity index (χ0) is 16.8. The van der Waals surface area contributed by atoms with E-state index in [1.165, 1.54) is 6.07 Å². The molecule has 0 fully saturated rings. The molecule has 1 aromatic heterocycles. The van der Waals surface area contributed by atoms with Gasteiger partial charge in [-0.15, -0.1) is 0 Å². The van der Waals surface area contributed by atoms with Gasteiger partial charge in [-0.3, -0.25) is 14.9 Å². The van der Waals surface area contributed by atoms with E-state index in [1.807, 2.05) is 0 Å². The van der Waals surface area contributed by atoms with Crippen LogP contribution in [0.15, 0.2) is 52.6 Å². The van der Waals surface area contributed by atoms with E-state index in [-0.39, 0.29) is 11.5 Å². The fourth-order valence-corrected chi connectivity index (χ4v) is 1.70. The van der Waals surface area contributed by atoms with E-state index in [9.17, 15) is 19.7 Å². The first kappa shape index (κ1) is 16.0. The third-order valence-corrected chi connectivity index (χ3v) is 2.77. The number of carbonyl (C=O) groups excluding carboxylic acids is 2. The van der Waals surface area contributed by atoms with Crippen molar-refractivity contribution < 1.29 is 23.7 Å². The van der Waals surface area contributed by atoms with Crippen molar-refractivity contribution in [3.8, 4) is 0 Å². The molecule has 2 rings (SSSR count). The lowest BCUT2D eigenvalue weighted by atomic mass is 10.2. The zero-order valence-electron chi connectivity index (χ0n) is 12.0. The van der Waals surface area contributed by atoms with Gasteiger partial charge in [0.05, 0.1) is 13.2 Å². The number of rotatable bonds is 5. The van der Waals surface area contributed by atoms with Crippen molar-refractivity contribution in [1.82, 2.24) is 5.32 Å². The number of nitrogens with one attached hydrogen (secondary N) is 1. The molecule has 23 heavy (non-hydrogen) atoms. The molecular formula is C15H12N2O6. The maximum absolute atomic E-state index is 12.1. The Hall–Kier alpha value is -3.42. The van der Waals surface area contributed by atoms with Crippen molar-refractivity contribution in [2.75, 3.05) is 7.11 Å². The van der Waals surface area contributed by atoms with Crippen molar-refractivity contribution in [2.24, 2.45) is 0 Å². The van der Waals surface area contributed by atoms with Gasteiger partial charge in [0.25, 0.3) is 5.91 Å². The highest BCUT2D eigenvalue weighted by atomic mass is 16.6. The minimum atomic E-state index is -0.812. The molecule has 0 aliphatic rings. The van der Waals surface area contributed by atoms with Gasteiger partial charge in [-0.2, -0.15) is 0 Å². The molecule has 1 heterocycles. The highest BCUT2D eigenvalue weighted by Crippen LogP contribution is 2.18. The summed E-state index contributed by atoms with van der Waals surface area (Å²) in [6, 6.07) is 10.7. The molecule has 0 aliphatic heterocycles. The molecule has 0 spiro atoms. The SMILES string of the molecule is COC(=O)C(=Cc1ccc([N+](=O)[O-])o1)NC(=O)c1ccccc1. The van der Waals surface area contributed by atoms with Gasteiger partial charge in [-0.1, -0.05) is 18.2 Å². The summed E-state index contributed by atoms with van der Waals surface area (Å²) < 4.78 is 9.50. The number of methoxy groups -OCH3 is 1. The molecule has 1 aromatic carbocycles. The summed E-state index contributed by atoms with van der Waals surface area (Å²) >= 11 is 0. The van der Waals surface area contributed by atoms with Crippen molar-refractivity contribution >= 4 is 23.8 Å². The Balaban J connectivity index is 2.26. The summed E-state index contributed by atoms with van der Waals surface area (Å²) in [7, 11) is 1.15. The van der Waals surface area contributed by atoms with E-state index in [1.54, 1.807) is 30.3 Å². The highest BCUT2D eigenvalue weighted by Gasteiger charge is 2.17. The van der Waals surface area contributed by atoms with Gasteiger partial charge in [-0.25, -0.2) is 4.79 Å². The van der Waals surface area contributed by atoms with E-state index in [2.05, 4.69) is 10.1 Å². The molecule has 1 N–H and O–H groups in total. The highest BCUT2D eigenvalue weighted by molar-refractivity contribution is 6.03. The number of ether oxygens (including phenoxy) is 1. The first-order chi connectivity index (χ1) is 11.0. The van der Waals surface area contributed by atoms with Gasteiger partial charge in [0.15, 0.2) is 0 Å². The molecule has 0 unspecified atom stereocenters. The number of furan rings is 1. The standard InChI is InChI=1S/C15H12N2O6/c1-22-15(19)12(9-11-7-8-13(23-11)17(20)21)16-14(18)10-5-3-2-4-6-10/h2-9H,1H3,(H,16,18). The van der Waals surface area contributed by atoms with Crippen LogP contribution in [-0.2, 0) is 9.53 Å². The summed E-state index contributed by atoms with van der Waals surface area (Å²) in [5.74, 6) is -1.78. The minimum absolute atomic E-state index is 0.0328. The number of hydrogen-bond acceptors (Lipinski definition) is 6. The topological polar surface area (TPSA) is 112 Å². The fourth-order valence-electron chi connectivity index (χ4n) is 1.70. The molecule has 0 atom stereocenters. The molecule has 0 saturated heterocycles. The molecule has 2 aromatic rings. The van der Waals surface area contributed by atoms with Crippen LogP contribution in [0.25, 0.3) is 6.08 Å². The Morgan fingerprint density at radius 3 is 2.48 bits per heavy atom. The second-order valence-corrected chi connectivity index (χ2v) is 4.30. The average molecular weight is 316 g/mol. The molecule has 0 saturated carbocycles. The lowest BCUT2D eigenvalue weighted by molar-refractivity contribution is -0.402. The number of esters is 1. The Bertz CT molecular complexity index is 763. The maximum atomic E-state index is 12.1. The van der Waals surface area contributed by atoms with E-state index >= 15 is 0 Å². The Labute approximate surface area is 130 Å². The Kier molecular flexibility index (Phi) is 4.88. The van der Waals surface area contributed by atoms with Crippen LogP contribution < -0.4 is 5.32 Å². The van der Waals surface area contributed by atoms with Crippen LogP contribution in [-0.4, -0.2) is 23.9 Å². The molecule has 118 valence electrons. The van der Waals surface area contributed by atoms with E-state index in [0.29, 0.717) is 5.56 Å². The number of amides is 1. The first-order valence-electron chi connectivity index (χ1n) is 6.42. The van der Waals surface area contributed by atoms with E-state index in [0.717, 1.165) is 19.3 Å². The Morgan fingerprint density at radius 1 is 1.22 bits per heavy atom. The van der Waals surface area contributed by atoms with Crippen LogP contribution in [0.4, 0.5) is 5.88 Å². The van der Waals surface area contributed by atoms with Gasteiger partial charge in [0.2, 0.25) is 0 Å². The lowest BCUT2D eigenvalue weighted by Crippen LogP contribution is -2.27. The van der Waals surface area contributed by atoms with Crippen molar-refractivity contribution in [2.45, 2.75) is 0 Å². The van der Waals surface area contributed by atoms with Crippen molar-refractivity contribution in [3.63, 3.8) is 0 Å². The molecule has 1 amide bonds. The maximum Gasteiger partial charge on any atom is 0.433 e. The smallest absolute Gasteiger partial charge is 0.433 e. The second-order valence-electron chi connectivity index (χ2n) is 4.30. The second kappa shape index (κ2) is 7.03. The predicted octanol–water partition coefficient (Wildman–Crippen LogP) is 2.13. The van der Waals surface area contributed by atoms with Crippen LogP contribution >= 0.6 is 0 Å². The molecule has 0 aliphatic carbocycles. The van der Waals surface area contributed by atoms with Crippen LogP contribution in [0, 0.1) is 10.1 Å². The number of nitro groups is 1. The van der Waals surface area contributed by atoms with Crippen LogP contribution in [0.2, 0.25) is 0 Å². The monoisotopic (exact) mass is 316 g/mol. The number of carbonyl (C=O) groups is 2. The quantitative estimate of drug-likeness (QED) is 0.391. The summed E-state index contributed by atoms with van der Waals surface area (Å²) in [6.07, 6.45) is 1.15. The average Bonchev–Trinajstić information content (AvgIpc) is 3.03. The largest absolute Gasteiger partial charge is 0.464 e. The van der Waals surface area contributed by atoms with Crippen LogP contribution in [0.3, 0.4) is 0 Å². The molecule has 0 radical (unpaired) electrons. The first-order valence-corrected chi connectivity index (χ1v) is 6.42. The number of nitrogens with zero attached hydrogens (tertiary/aromatic N) is 1. The molecular weight excluding hydrogens is 304 g/mol. The third-order valence-electron chi connectivity index (χ3n) is 2.77. The van der Waals surface area contributed by atoms with Crippen LogP contribution in [0.5, 0.6) is 0 Å². The van der Waals surface area contributed by atoms with Gasteiger partial charge in [0.1, 0.15) is 16.4 Å². The van der Waals surface area contributed by atoms with Gasteiger partial charge < -0.3 is 14.5 Å². The zero-order valence-corrected chi connectivity index (χ0v) is 12.0. The Morgan fingerprint density at radius 2 is 1.91 bits per heavy atom. The van der Waals surface area contributed by atoms with Gasteiger partial charge in [-0.05, 0) is 18.2 Å². The number of hydrogen-bond donors (Lipinski definition) is 1. The third kappa shape index (κ3) is 4.03. The lowest BCUT2D eigenvalue weighted by Gasteiger charge is -2.07. The summed E-state index contributed by atoms with van der Waals surface area (Å²) in [4.78, 5) is 33.7. The van der Waals surface area contributed by atoms with Crippen LogP contribution in [0.1, 0.15) is 16.1 Å². The van der Waals surface area contributed by atoms with Gasteiger partial charge in [0, 0.05) is 11.6 Å². The van der Waals surface area contributed by atoms with Crippen molar-refractivity contribution in [1.29, 1.82) is 0 Å². The minimum Gasteiger partial charge on any atom is -0.464 e. The fraction of sp³-hybridized carbons (Fsp3) is 0.0667. The van der Waals surface area contributed by atoms with Crippen molar-refractivity contribution in [3.05, 3.63) is 69.6 Å². The van der Waals surface area contributed by atoms with Gasteiger partial charge >= 0.3 is 11.9 Å². The molecule has 0 bridgehead atoms. The molecule has 8 heteroatoms. The van der Waals surface area contributed by atoms with E-state index < -0.39 is 22.7 Å².